The molecule has 1 amide bonds. The van der Waals surface area contributed by atoms with Crippen molar-refractivity contribution in [1.29, 1.82) is 0 Å². The molecule has 0 unspecified atom stereocenters. The Balaban J connectivity index is 1.79. The number of benzene rings is 3. The van der Waals surface area contributed by atoms with Gasteiger partial charge in [-0.05, 0) is 35.7 Å². The molecule has 0 aliphatic carbocycles. The molecule has 0 aromatic heterocycles. The van der Waals surface area contributed by atoms with Gasteiger partial charge in [-0.25, -0.2) is 0 Å². The fourth-order valence-electron chi connectivity index (χ4n) is 2.94. The molecule has 0 radical (unpaired) electrons. The molecule has 0 aliphatic heterocycles. The zero-order valence-corrected chi connectivity index (χ0v) is 13.5. The molecule has 116 valence electrons. The molecule has 2 heteroatoms. The molecule has 2 nitrogen and oxygen atoms in total. The van der Waals surface area contributed by atoms with Crippen LogP contribution in [-0.2, 0) is 16.8 Å². The van der Waals surface area contributed by atoms with Gasteiger partial charge >= 0.3 is 0 Å². The third-order valence-corrected chi connectivity index (χ3v) is 4.18. The van der Waals surface area contributed by atoms with Gasteiger partial charge in [0.1, 0.15) is 0 Å². The van der Waals surface area contributed by atoms with Crippen LogP contribution in [0.2, 0.25) is 0 Å². The summed E-state index contributed by atoms with van der Waals surface area (Å²) in [6.45, 7) is 4.06. The second-order valence-electron chi connectivity index (χ2n) is 6.35. The number of nitrogens with one attached hydrogen (secondary N) is 1. The summed E-state index contributed by atoms with van der Waals surface area (Å²) < 4.78 is 0. The Bertz CT molecular complexity index is 816. The highest BCUT2D eigenvalue weighted by Gasteiger charge is 2.22. The Labute approximate surface area is 137 Å². The minimum absolute atomic E-state index is 0.0372. The summed E-state index contributed by atoms with van der Waals surface area (Å²) in [6.07, 6.45) is 0.387. The van der Waals surface area contributed by atoms with E-state index in [0.717, 1.165) is 16.5 Å². The lowest BCUT2D eigenvalue weighted by molar-refractivity contribution is -0.122. The normalized spacial score (nSPS) is 11.4. The zero-order valence-electron chi connectivity index (χ0n) is 13.5. The molecular weight excluding hydrogens is 282 g/mol. The summed E-state index contributed by atoms with van der Waals surface area (Å²) >= 11 is 0. The van der Waals surface area contributed by atoms with Gasteiger partial charge in [-0.1, -0.05) is 72.8 Å². The maximum Gasteiger partial charge on any atom is 0.225 e. The van der Waals surface area contributed by atoms with Gasteiger partial charge in [0.2, 0.25) is 5.91 Å². The minimum atomic E-state index is -0.386. The quantitative estimate of drug-likeness (QED) is 0.759. The van der Waals surface area contributed by atoms with E-state index in [-0.39, 0.29) is 11.4 Å². The van der Waals surface area contributed by atoms with Crippen molar-refractivity contribution in [3.8, 4) is 0 Å². The number of carbonyl (C=O) groups excluding carboxylic acids is 1. The van der Waals surface area contributed by atoms with E-state index in [4.69, 9.17) is 0 Å². The number of hydrogen-bond donors (Lipinski definition) is 1. The lowest BCUT2D eigenvalue weighted by Gasteiger charge is -2.27. The maximum absolute atomic E-state index is 12.5. The van der Waals surface area contributed by atoms with Gasteiger partial charge in [-0.2, -0.15) is 0 Å². The molecule has 23 heavy (non-hydrogen) atoms. The van der Waals surface area contributed by atoms with Gasteiger partial charge in [0, 0.05) is 0 Å². The third-order valence-electron chi connectivity index (χ3n) is 4.18. The van der Waals surface area contributed by atoms with E-state index in [2.05, 4.69) is 23.5 Å². The van der Waals surface area contributed by atoms with Gasteiger partial charge in [0.25, 0.3) is 0 Å². The highest BCUT2D eigenvalue weighted by Crippen LogP contribution is 2.21. The van der Waals surface area contributed by atoms with Crippen molar-refractivity contribution in [2.75, 3.05) is 0 Å². The van der Waals surface area contributed by atoms with E-state index in [1.165, 1.54) is 5.39 Å². The number of carbonyl (C=O) groups is 1. The van der Waals surface area contributed by atoms with Crippen molar-refractivity contribution in [2.24, 2.45) is 0 Å². The van der Waals surface area contributed by atoms with Gasteiger partial charge < -0.3 is 5.32 Å². The van der Waals surface area contributed by atoms with Crippen molar-refractivity contribution >= 4 is 16.7 Å². The molecule has 0 saturated heterocycles. The van der Waals surface area contributed by atoms with Crippen LogP contribution in [0.5, 0.6) is 0 Å². The molecule has 0 atom stereocenters. The Hall–Kier alpha value is -2.61. The number of hydrogen-bond acceptors (Lipinski definition) is 1. The second kappa shape index (κ2) is 6.25. The van der Waals surface area contributed by atoms with Crippen LogP contribution in [0, 0.1) is 0 Å². The van der Waals surface area contributed by atoms with Crippen LogP contribution in [0.3, 0.4) is 0 Å². The van der Waals surface area contributed by atoms with Crippen molar-refractivity contribution in [3.63, 3.8) is 0 Å². The Kier molecular flexibility index (Phi) is 4.16. The topological polar surface area (TPSA) is 29.1 Å². The predicted octanol–water partition coefficient (Wildman–Crippen LogP) is 4.43. The average Bonchev–Trinajstić information content (AvgIpc) is 2.55. The first-order valence-electron chi connectivity index (χ1n) is 7.89. The van der Waals surface area contributed by atoms with Crippen LogP contribution in [0.15, 0.2) is 72.8 Å². The molecule has 3 rings (SSSR count). The third kappa shape index (κ3) is 3.42. The number of rotatable bonds is 4. The molecule has 0 saturated carbocycles. The first-order valence-corrected chi connectivity index (χ1v) is 7.89. The minimum Gasteiger partial charge on any atom is -0.347 e. The second-order valence-corrected chi connectivity index (χ2v) is 6.35. The lowest BCUT2D eigenvalue weighted by Crippen LogP contribution is -2.41. The average molecular weight is 303 g/mol. The lowest BCUT2D eigenvalue weighted by atomic mass is 9.93. The van der Waals surface area contributed by atoms with Crippen LogP contribution in [0.4, 0.5) is 0 Å². The van der Waals surface area contributed by atoms with Crippen LogP contribution >= 0.6 is 0 Å². The highest BCUT2D eigenvalue weighted by atomic mass is 16.1. The van der Waals surface area contributed by atoms with E-state index in [1.54, 1.807) is 0 Å². The van der Waals surface area contributed by atoms with Crippen LogP contribution in [0.25, 0.3) is 10.8 Å². The van der Waals surface area contributed by atoms with Crippen LogP contribution < -0.4 is 5.32 Å². The Morgan fingerprint density at radius 2 is 1.52 bits per heavy atom. The monoisotopic (exact) mass is 303 g/mol. The van der Waals surface area contributed by atoms with Gasteiger partial charge in [0.05, 0.1) is 12.0 Å². The molecule has 0 aliphatic rings. The van der Waals surface area contributed by atoms with Crippen LogP contribution in [0.1, 0.15) is 25.0 Å². The van der Waals surface area contributed by atoms with E-state index in [9.17, 15) is 4.79 Å². The Morgan fingerprint density at radius 3 is 2.30 bits per heavy atom. The molecule has 0 bridgehead atoms. The summed E-state index contributed by atoms with van der Waals surface area (Å²) in [6, 6.07) is 24.3. The largest absolute Gasteiger partial charge is 0.347 e. The molecule has 0 heterocycles. The van der Waals surface area contributed by atoms with Crippen molar-refractivity contribution in [3.05, 3.63) is 83.9 Å². The standard InChI is InChI=1S/C21H21NO/c1-21(2,18-12-4-3-5-13-18)22-20(23)15-17-11-8-10-16-9-6-7-14-19(16)17/h3-14H,15H2,1-2H3,(H,22,23). The van der Waals surface area contributed by atoms with Crippen molar-refractivity contribution < 1.29 is 4.79 Å². The summed E-state index contributed by atoms with van der Waals surface area (Å²) in [4.78, 5) is 12.5. The molecule has 0 fully saturated rings. The first-order chi connectivity index (χ1) is 11.1. The molecule has 0 spiro atoms. The molecule has 1 N–H and O–H groups in total. The predicted molar refractivity (Wildman–Crippen MR) is 95.3 cm³/mol. The highest BCUT2D eigenvalue weighted by molar-refractivity contribution is 5.90. The van der Waals surface area contributed by atoms with E-state index < -0.39 is 0 Å². The SMILES string of the molecule is CC(C)(NC(=O)Cc1cccc2ccccc12)c1ccccc1. The fourth-order valence-corrected chi connectivity index (χ4v) is 2.94. The van der Waals surface area contributed by atoms with E-state index >= 15 is 0 Å². The van der Waals surface area contributed by atoms with Crippen molar-refractivity contribution in [1.82, 2.24) is 5.32 Å². The molecular formula is C21H21NO. The van der Waals surface area contributed by atoms with Crippen molar-refractivity contribution in [2.45, 2.75) is 25.8 Å². The summed E-state index contributed by atoms with van der Waals surface area (Å²) in [5, 5.41) is 5.45. The Morgan fingerprint density at radius 1 is 0.870 bits per heavy atom. The number of fused-ring (bicyclic) bond motifs is 1. The van der Waals surface area contributed by atoms with Gasteiger partial charge in [0.15, 0.2) is 0 Å². The fraction of sp³-hybridized carbons (Fsp3) is 0.190. The molecule has 3 aromatic carbocycles. The molecule has 3 aromatic rings. The van der Waals surface area contributed by atoms with E-state index in [0.29, 0.717) is 6.42 Å². The van der Waals surface area contributed by atoms with Gasteiger partial charge in [-0.15, -0.1) is 0 Å². The summed E-state index contributed by atoms with van der Waals surface area (Å²) in [7, 11) is 0. The zero-order chi connectivity index (χ0) is 16.3. The number of amides is 1. The first kappa shape index (κ1) is 15.3. The summed E-state index contributed by atoms with van der Waals surface area (Å²) in [5.41, 5.74) is 1.78. The van der Waals surface area contributed by atoms with E-state index in [1.807, 2.05) is 68.4 Å². The smallest absolute Gasteiger partial charge is 0.225 e. The maximum atomic E-state index is 12.5. The van der Waals surface area contributed by atoms with Crippen LogP contribution in [-0.4, -0.2) is 5.91 Å². The summed E-state index contributed by atoms with van der Waals surface area (Å²) in [5.74, 6) is 0.0372. The van der Waals surface area contributed by atoms with Gasteiger partial charge in [-0.3, -0.25) is 4.79 Å².